The first-order valence-electron chi connectivity index (χ1n) is 15.0. The highest BCUT2D eigenvalue weighted by Crippen LogP contribution is 2.44. The minimum Gasteiger partial charge on any atom is -0.0990 e. The van der Waals surface area contributed by atoms with Crippen molar-refractivity contribution in [2.24, 2.45) is 0 Å². The van der Waals surface area contributed by atoms with E-state index in [4.69, 9.17) is 0 Å². The van der Waals surface area contributed by atoms with Gasteiger partial charge in [0.1, 0.15) is 0 Å². The van der Waals surface area contributed by atoms with E-state index >= 15 is 0 Å². The van der Waals surface area contributed by atoms with Crippen molar-refractivity contribution < 1.29 is 0 Å². The summed E-state index contributed by atoms with van der Waals surface area (Å²) >= 11 is 0. The van der Waals surface area contributed by atoms with Crippen molar-refractivity contribution in [3.05, 3.63) is 151 Å². The molecule has 0 aliphatic rings. The predicted octanol–water partition coefficient (Wildman–Crippen LogP) is 13.1. The van der Waals surface area contributed by atoms with Crippen LogP contribution in [0.4, 0.5) is 0 Å². The molecule has 0 aliphatic heterocycles. The SMILES string of the molecule is C=C/C=C(\C=C/C)c1ccc(-c2c(C=C)c(C=C)c(-c3ccc4ccccc4c3)c3ccc(C)cc23)cc1.CC.CC. The first-order chi connectivity index (χ1) is 20.6. The Bertz CT molecular complexity index is 1750. The van der Waals surface area contributed by atoms with Crippen molar-refractivity contribution in [1.29, 1.82) is 0 Å². The first kappa shape index (κ1) is 31.8. The summed E-state index contributed by atoms with van der Waals surface area (Å²) in [7, 11) is 0. The second-order valence-corrected chi connectivity index (χ2v) is 9.53. The van der Waals surface area contributed by atoms with Crippen molar-refractivity contribution in [2.45, 2.75) is 41.5 Å². The normalized spacial score (nSPS) is 11.0. The number of rotatable bonds is 7. The maximum absolute atomic E-state index is 4.26. The summed E-state index contributed by atoms with van der Waals surface area (Å²) in [5.74, 6) is 0. The maximum atomic E-state index is 4.26. The molecule has 0 aliphatic carbocycles. The molecule has 0 bridgehead atoms. The summed E-state index contributed by atoms with van der Waals surface area (Å²) in [6.07, 6.45) is 12.0. The lowest BCUT2D eigenvalue weighted by molar-refractivity contribution is 1.49. The van der Waals surface area contributed by atoms with Crippen molar-refractivity contribution in [3.8, 4) is 22.3 Å². The quantitative estimate of drug-likeness (QED) is 0.177. The Labute approximate surface area is 253 Å². The standard InChI is InChI=1S/C38H32.2C2H6/c1-6-12-27(13-7-2)29-17-20-30(21-18-29)37-33(8-3)34(9-4)38(35-23-16-26(5)24-36(35)37)32-22-19-28-14-10-11-15-31(28)25-32;2*1-2/h6-25H,1,3-4H2,2,5H3;2*1-2H3/b13-7-,27-12+;;. The molecule has 0 spiro atoms. The predicted molar refractivity (Wildman–Crippen MR) is 193 cm³/mol. The Morgan fingerprint density at radius 1 is 0.619 bits per heavy atom. The van der Waals surface area contributed by atoms with E-state index in [1.165, 1.54) is 43.8 Å². The zero-order valence-corrected chi connectivity index (χ0v) is 26.2. The Balaban J connectivity index is 0.00000116. The van der Waals surface area contributed by atoms with Gasteiger partial charge in [-0.15, -0.1) is 0 Å². The molecule has 0 aromatic heterocycles. The highest BCUT2D eigenvalue weighted by Gasteiger charge is 2.19. The highest BCUT2D eigenvalue weighted by atomic mass is 14.2. The van der Waals surface area contributed by atoms with Crippen LogP contribution in [0.25, 0.3) is 61.5 Å². The van der Waals surface area contributed by atoms with E-state index in [2.05, 4.69) is 124 Å². The van der Waals surface area contributed by atoms with Gasteiger partial charge in [-0.1, -0.05) is 168 Å². The number of hydrogen-bond donors (Lipinski definition) is 0. The molecular weight excluding hydrogens is 504 g/mol. The Morgan fingerprint density at radius 3 is 1.81 bits per heavy atom. The molecular formula is C42H44. The summed E-state index contributed by atoms with van der Waals surface area (Å²) < 4.78 is 0. The third-order valence-corrected chi connectivity index (χ3v) is 7.14. The van der Waals surface area contributed by atoms with Gasteiger partial charge < -0.3 is 0 Å². The van der Waals surface area contributed by atoms with E-state index in [-0.39, 0.29) is 0 Å². The van der Waals surface area contributed by atoms with E-state index in [1.807, 2.05) is 58.9 Å². The van der Waals surface area contributed by atoms with E-state index in [9.17, 15) is 0 Å². The van der Waals surface area contributed by atoms with Crippen LogP contribution in [-0.2, 0) is 0 Å². The second-order valence-electron chi connectivity index (χ2n) is 9.53. The number of allylic oxidation sites excluding steroid dienone is 5. The van der Waals surface area contributed by atoms with Crippen molar-refractivity contribution in [3.63, 3.8) is 0 Å². The van der Waals surface area contributed by atoms with Crippen LogP contribution in [0, 0.1) is 6.92 Å². The van der Waals surface area contributed by atoms with Gasteiger partial charge in [-0.2, -0.15) is 0 Å². The first-order valence-corrected chi connectivity index (χ1v) is 15.0. The van der Waals surface area contributed by atoms with Gasteiger partial charge in [-0.05, 0) is 86.0 Å². The van der Waals surface area contributed by atoms with Crippen molar-refractivity contribution >= 4 is 39.3 Å². The molecule has 0 unspecified atom stereocenters. The average Bonchev–Trinajstić information content (AvgIpc) is 3.05. The number of benzene rings is 5. The van der Waals surface area contributed by atoms with Crippen molar-refractivity contribution in [1.82, 2.24) is 0 Å². The fourth-order valence-corrected chi connectivity index (χ4v) is 5.42. The lowest BCUT2D eigenvalue weighted by Crippen LogP contribution is -1.97. The summed E-state index contributed by atoms with van der Waals surface area (Å²) in [5, 5.41) is 4.90. The van der Waals surface area contributed by atoms with Crippen LogP contribution < -0.4 is 0 Å². The monoisotopic (exact) mass is 548 g/mol. The number of aryl methyl sites for hydroxylation is 1. The molecule has 0 atom stereocenters. The highest BCUT2D eigenvalue weighted by molar-refractivity contribution is 6.12. The molecule has 212 valence electrons. The van der Waals surface area contributed by atoms with E-state index in [0.717, 1.165) is 27.8 Å². The molecule has 0 saturated heterocycles. The van der Waals surface area contributed by atoms with Crippen LogP contribution >= 0.6 is 0 Å². The largest absolute Gasteiger partial charge is 0.0990 e. The molecule has 0 fully saturated rings. The fraction of sp³-hybridized carbons (Fsp3) is 0.143. The summed E-state index contributed by atoms with van der Waals surface area (Å²) in [6, 6.07) is 30.8. The van der Waals surface area contributed by atoms with Gasteiger partial charge in [0.25, 0.3) is 0 Å². The van der Waals surface area contributed by atoms with Gasteiger partial charge in [0, 0.05) is 0 Å². The van der Waals surface area contributed by atoms with Crippen LogP contribution in [0.5, 0.6) is 0 Å². The molecule has 5 aromatic carbocycles. The summed E-state index contributed by atoms with van der Waals surface area (Å²) in [6.45, 7) is 24.6. The molecule has 0 radical (unpaired) electrons. The smallest absolute Gasteiger partial charge is 0.00264 e. The third kappa shape index (κ3) is 6.45. The lowest BCUT2D eigenvalue weighted by Gasteiger charge is -2.21. The zero-order valence-electron chi connectivity index (χ0n) is 26.2. The van der Waals surface area contributed by atoms with Gasteiger partial charge >= 0.3 is 0 Å². The van der Waals surface area contributed by atoms with Crippen LogP contribution in [0.15, 0.2) is 129 Å². The Hall–Kier alpha value is -4.68. The Kier molecular flexibility index (Phi) is 11.6. The van der Waals surface area contributed by atoms with E-state index < -0.39 is 0 Å². The molecule has 5 aromatic rings. The number of fused-ring (bicyclic) bond motifs is 2. The lowest BCUT2D eigenvalue weighted by atomic mass is 9.82. The molecule has 0 nitrogen and oxygen atoms in total. The minimum atomic E-state index is 1.10. The molecule has 0 amide bonds. The fourth-order valence-electron chi connectivity index (χ4n) is 5.42. The second kappa shape index (κ2) is 15.4. The van der Waals surface area contributed by atoms with Gasteiger partial charge in [-0.3, -0.25) is 0 Å². The van der Waals surface area contributed by atoms with Crippen LogP contribution in [-0.4, -0.2) is 0 Å². The van der Waals surface area contributed by atoms with Gasteiger partial charge in [-0.25, -0.2) is 0 Å². The molecule has 42 heavy (non-hydrogen) atoms. The molecule has 0 heterocycles. The Morgan fingerprint density at radius 2 is 1.21 bits per heavy atom. The van der Waals surface area contributed by atoms with E-state index in [1.54, 1.807) is 0 Å². The van der Waals surface area contributed by atoms with Gasteiger partial charge in [0.2, 0.25) is 0 Å². The molecule has 0 heteroatoms. The summed E-state index contributed by atoms with van der Waals surface area (Å²) in [4.78, 5) is 0. The van der Waals surface area contributed by atoms with Crippen LogP contribution in [0.1, 0.15) is 56.9 Å². The molecule has 0 N–H and O–H groups in total. The number of hydrogen-bond acceptors (Lipinski definition) is 0. The minimum absolute atomic E-state index is 1.10. The van der Waals surface area contributed by atoms with Gasteiger partial charge in [0.15, 0.2) is 0 Å². The van der Waals surface area contributed by atoms with E-state index in [0.29, 0.717) is 0 Å². The summed E-state index contributed by atoms with van der Waals surface area (Å²) in [5.41, 5.74) is 10.4. The molecule has 0 saturated carbocycles. The molecule has 5 rings (SSSR count). The van der Waals surface area contributed by atoms with Crippen molar-refractivity contribution in [2.75, 3.05) is 0 Å². The topological polar surface area (TPSA) is 0 Å². The van der Waals surface area contributed by atoms with Gasteiger partial charge in [0.05, 0.1) is 0 Å². The van der Waals surface area contributed by atoms with Crippen LogP contribution in [0.3, 0.4) is 0 Å². The maximum Gasteiger partial charge on any atom is -0.00264 e. The zero-order chi connectivity index (χ0) is 30.6. The average molecular weight is 549 g/mol. The third-order valence-electron chi connectivity index (χ3n) is 7.14. The van der Waals surface area contributed by atoms with Crippen LogP contribution in [0.2, 0.25) is 0 Å².